The lowest BCUT2D eigenvalue weighted by molar-refractivity contribution is -0.137. The summed E-state index contributed by atoms with van der Waals surface area (Å²) >= 11 is 0. The Morgan fingerprint density at radius 1 is 1.03 bits per heavy atom. The van der Waals surface area contributed by atoms with Gasteiger partial charge in [-0.1, -0.05) is 12.1 Å². The summed E-state index contributed by atoms with van der Waals surface area (Å²) in [6, 6.07) is 5.28. The number of hydrogen-bond acceptors (Lipinski definition) is 6. The van der Waals surface area contributed by atoms with Gasteiger partial charge in [0.1, 0.15) is 11.5 Å². The fraction of sp³-hybridized carbons (Fsp3) is 0.524. The number of benzene rings is 1. The van der Waals surface area contributed by atoms with Gasteiger partial charge in [0.25, 0.3) is 5.91 Å². The first-order valence-electron chi connectivity index (χ1n) is 10.6. The number of rotatable bonds is 4. The minimum Gasteiger partial charge on any atom is -0.339 e. The molecule has 2 saturated heterocycles. The predicted octanol–water partition coefficient (Wildman–Crippen LogP) is 0.205. The van der Waals surface area contributed by atoms with Gasteiger partial charge in [0, 0.05) is 39.0 Å². The highest BCUT2D eigenvalue weighted by atomic mass is 32.2. The van der Waals surface area contributed by atoms with Crippen molar-refractivity contribution in [1.82, 2.24) is 14.8 Å². The van der Waals surface area contributed by atoms with Gasteiger partial charge in [-0.05, 0) is 24.1 Å². The molecule has 0 N–H and O–H groups in total. The van der Waals surface area contributed by atoms with Crippen LogP contribution in [-0.4, -0.2) is 90.4 Å². The maximum Gasteiger partial charge on any atom is 0.270 e. The van der Waals surface area contributed by atoms with Gasteiger partial charge in [-0.25, -0.2) is 17.8 Å². The van der Waals surface area contributed by atoms with Crippen molar-refractivity contribution in [3.05, 3.63) is 35.6 Å². The Balaban J connectivity index is 1.34. The second-order valence-electron chi connectivity index (χ2n) is 8.32. The van der Waals surface area contributed by atoms with E-state index in [1.54, 1.807) is 21.9 Å². The molecule has 2 fully saturated rings. The molecule has 1 aromatic carbocycles. The minimum atomic E-state index is -3.18. The van der Waals surface area contributed by atoms with E-state index < -0.39 is 15.9 Å². The smallest absolute Gasteiger partial charge is 0.270 e. The third-order valence-electron chi connectivity index (χ3n) is 6.05. The lowest BCUT2D eigenvalue weighted by atomic mass is 10.1. The largest absolute Gasteiger partial charge is 0.339 e. The van der Waals surface area contributed by atoms with Crippen LogP contribution < -0.4 is 0 Å². The highest BCUT2D eigenvalue weighted by Crippen LogP contribution is 2.23. The normalized spacial score (nSPS) is 23.3. The predicted molar refractivity (Wildman–Crippen MR) is 114 cm³/mol. The van der Waals surface area contributed by atoms with Crippen LogP contribution in [0.4, 0.5) is 4.39 Å². The van der Waals surface area contributed by atoms with Crippen molar-refractivity contribution in [2.24, 2.45) is 5.10 Å². The Morgan fingerprint density at radius 2 is 1.69 bits per heavy atom. The summed E-state index contributed by atoms with van der Waals surface area (Å²) in [6.45, 7) is 1.45. The molecule has 0 spiro atoms. The number of carbonyl (C=O) groups is 3. The average Bonchev–Trinajstić information content (AvgIpc) is 3.14. The summed E-state index contributed by atoms with van der Waals surface area (Å²) in [7, 11) is -3.18. The molecule has 1 atom stereocenters. The van der Waals surface area contributed by atoms with E-state index in [9.17, 15) is 27.2 Å². The Hall–Kier alpha value is -2.82. The van der Waals surface area contributed by atoms with Crippen LogP contribution in [0, 0.1) is 5.82 Å². The summed E-state index contributed by atoms with van der Waals surface area (Å²) in [5, 5.41) is 5.42. The number of piperazine rings is 1. The van der Waals surface area contributed by atoms with E-state index in [2.05, 4.69) is 5.10 Å². The number of hydrogen-bond donors (Lipinski definition) is 0. The zero-order valence-corrected chi connectivity index (χ0v) is 18.4. The van der Waals surface area contributed by atoms with Crippen LogP contribution in [0.2, 0.25) is 0 Å². The first kappa shape index (κ1) is 22.4. The lowest BCUT2D eigenvalue weighted by Crippen LogP contribution is -2.53. The quantitative estimate of drug-likeness (QED) is 0.633. The van der Waals surface area contributed by atoms with Gasteiger partial charge < -0.3 is 9.80 Å². The van der Waals surface area contributed by atoms with Crippen LogP contribution in [0.15, 0.2) is 29.4 Å². The van der Waals surface area contributed by atoms with E-state index in [0.29, 0.717) is 32.6 Å². The third-order valence-corrected chi connectivity index (χ3v) is 7.80. The molecule has 3 aliphatic rings. The van der Waals surface area contributed by atoms with Crippen LogP contribution >= 0.6 is 0 Å². The van der Waals surface area contributed by atoms with Gasteiger partial charge in [0.05, 0.1) is 24.0 Å². The molecule has 11 heteroatoms. The van der Waals surface area contributed by atoms with Crippen LogP contribution in [0.25, 0.3) is 0 Å². The Bertz CT molecular complexity index is 1050. The Morgan fingerprint density at radius 3 is 2.31 bits per heavy atom. The van der Waals surface area contributed by atoms with Gasteiger partial charge in [0.15, 0.2) is 9.84 Å². The topological polar surface area (TPSA) is 107 Å². The first-order valence-corrected chi connectivity index (χ1v) is 12.5. The summed E-state index contributed by atoms with van der Waals surface area (Å²) in [5.41, 5.74) is 0.977. The average molecular weight is 465 g/mol. The molecular weight excluding hydrogens is 439 g/mol. The highest BCUT2D eigenvalue weighted by Gasteiger charge is 2.38. The second kappa shape index (κ2) is 8.97. The molecule has 9 nitrogen and oxygen atoms in total. The van der Waals surface area contributed by atoms with Crippen molar-refractivity contribution >= 4 is 33.3 Å². The van der Waals surface area contributed by atoms with Gasteiger partial charge in [-0.2, -0.15) is 5.10 Å². The number of amides is 3. The molecule has 32 heavy (non-hydrogen) atoms. The molecule has 0 saturated carbocycles. The summed E-state index contributed by atoms with van der Waals surface area (Å²) in [4.78, 5) is 41.0. The first-order chi connectivity index (χ1) is 15.2. The molecule has 3 aliphatic heterocycles. The summed E-state index contributed by atoms with van der Waals surface area (Å²) in [6.07, 6.45) is 0.838. The molecule has 0 radical (unpaired) electrons. The maximum atomic E-state index is 13.0. The second-order valence-corrected chi connectivity index (χ2v) is 10.5. The van der Waals surface area contributed by atoms with Crippen molar-refractivity contribution in [2.45, 2.75) is 31.7 Å². The van der Waals surface area contributed by atoms with Gasteiger partial charge >= 0.3 is 0 Å². The Kier molecular flexibility index (Phi) is 6.27. The molecule has 3 amide bonds. The van der Waals surface area contributed by atoms with Gasteiger partial charge in [-0.15, -0.1) is 0 Å². The van der Waals surface area contributed by atoms with Gasteiger partial charge in [0.2, 0.25) is 11.8 Å². The number of carbonyl (C=O) groups excluding carboxylic acids is 3. The van der Waals surface area contributed by atoms with Crippen LogP contribution in [0.5, 0.6) is 0 Å². The summed E-state index contributed by atoms with van der Waals surface area (Å²) in [5.74, 6) is -1.09. The third kappa shape index (κ3) is 4.98. The van der Waals surface area contributed by atoms with E-state index in [1.165, 1.54) is 17.1 Å². The number of hydrazone groups is 1. The SMILES string of the molecule is O=C(Cc1ccc(F)cc1)N1CCN(C(=O)C2=NN(C3CCS(=O)(=O)C3)C(=O)CC2)CC1. The lowest BCUT2D eigenvalue weighted by Gasteiger charge is -2.36. The zero-order valence-electron chi connectivity index (χ0n) is 17.6. The molecular formula is C21H25FN4O5S. The highest BCUT2D eigenvalue weighted by molar-refractivity contribution is 7.91. The van der Waals surface area contributed by atoms with E-state index in [1.807, 2.05) is 0 Å². The molecule has 1 unspecified atom stereocenters. The minimum absolute atomic E-state index is 0.0220. The molecule has 172 valence electrons. The molecule has 1 aromatic rings. The van der Waals surface area contributed by atoms with Crippen LogP contribution in [0.3, 0.4) is 0 Å². The molecule has 0 aromatic heterocycles. The number of sulfone groups is 1. The zero-order chi connectivity index (χ0) is 22.9. The molecule has 3 heterocycles. The van der Waals surface area contributed by atoms with Crippen LogP contribution in [-0.2, 0) is 30.6 Å². The Labute approximate surface area is 185 Å². The van der Waals surface area contributed by atoms with Crippen molar-refractivity contribution in [3.8, 4) is 0 Å². The van der Waals surface area contributed by atoms with Crippen molar-refractivity contribution in [3.63, 3.8) is 0 Å². The number of halogens is 1. The van der Waals surface area contributed by atoms with Crippen molar-refractivity contribution < 1.29 is 27.2 Å². The fourth-order valence-electron chi connectivity index (χ4n) is 4.21. The fourth-order valence-corrected chi connectivity index (χ4v) is 5.90. The molecule has 0 aliphatic carbocycles. The molecule has 4 rings (SSSR count). The van der Waals surface area contributed by atoms with Crippen molar-refractivity contribution in [2.75, 3.05) is 37.7 Å². The summed E-state index contributed by atoms with van der Waals surface area (Å²) < 4.78 is 36.5. The van der Waals surface area contributed by atoms with Crippen molar-refractivity contribution in [1.29, 1.82) is 0 Å². The van der Waals surface area contributed by atoms with Crippen LogP contribution in [0.1, 0.15) is 24.8 Å². The standard InChI is InChI=1S/C21H25FN4O5S/c22-16-3-1-15(2-4-16)13-20(28)24-8-10-25(11-9-24)21(29)18-5-6-19(27)26(23-18)17-7-12-32(30,31)14-17/h1-4,17H,5-14H2. The van der Waals surface area contributed by atoms with E-state index in [0.717, 1.165) is 5.56 Å². The maximum absolute atomic E-state index is 13.0. The number of nitrogens with zero attached hydrogens (tertiary/aromatic N) is 4. The van der Waals surface area contributed by atoms with E-state index in [-0.39, 0.29) is 60.0 Å². The molecule has 0 bridgehead atoms. The van der Waals surface area contributed by atoms with Gasteiger partial charge in [-0.3, -0.25) is 14.4 Å². The monoisotopic (exact) mass is 464 g/mol. The van der Waals surface area contributed by atoms with E-state index in [4.69, 9.17) is 0 Å². The van der Waals surface area contributed by atoms with E-state index >= 15 is 0 Å².